The van der Waals surface area contributed by atoms with E-state index in [-0.39, 0.29) is 18.2 Å². The maximum Gasteiger partial charge on any atom is 0.269 e. The van der Waals surface area contributed by atoms with Crippen molar-refractivity contribution in [2.45, 2.75) is 20.3 Å². The number of carbonyl (C=O) groups is 3. The Morgan fingerprint density at radius 1 is 1.07 bits per heavy atom. The van der Waals surface area contributed by atoms with Crippen molar-refractivity contribution in [3.8, 4) is 0 Å². The van der Waals surface area contributed by atoms with E-state index in [9.17, 15) is 14.4 Å². The van der Waals surface area contributed by atoms with Gasteiger partial charge in [0.05, 0.1) is 5.92 Å². The van der Waals surface area contributed by atoms with Gasteiger partial charge in [0.1, 0.15) is 0 Å². The Morgan fingerprint density at radius 3 is 2.48 bits per heavy atom. The molecule has 2 aromatic rings. The quantitative estimate of drug-likeness (QED) is 0.736. The third kappa shape index (κ3) is 4.36. The SMILES string of the molecule is Cc1ccc(C)c(N2C[C@H](C(=O)NNC(=O)c3ccc(Br)cc3)CC2=O)c1. The summed E-state index contributed by atoms with van der Waals surface area (Å²) >= 11 is 3.30. The van der Waals surface area contributed by atoms with E-state index in [0.29, 0.717) is 12.1 Å². The Balaban J connectivity index is 1.61. The van der Waals surface area contributed by atoms with E-state index in [4.69, 9.17) is 0 Å². The smallest absolute Gasteiger partial charge is 0.269 e. The zero-order valence-electron chi connectivity index (χ0n) is 15.1. The maximum atomic E-state index is 12.4. The molecule has 140 valence electrons. The number of aryl methyl sites for hydroxylation is 2. The van der Waals surface area contributed by atoms with Gasteiger partial charge in [-0.1, -0.05) is 28.1 Å². The second-order valence-corrected chi connectivity index (χ2v) is 7.56. The van der Waals surface area contributed by atoms with E-state index in [0.717, 1.165) is 21.3 Å². The summed E-state index contributed by atoms with van der Waals surface area (Å²) in [6, 6.07) is 12.7. The highest BCUT2D eigenvalue weighted by Crippen LogP contribution is 2.28. The zero-order chi connectivity index (χ0) is 19.6. The molecule has 1 heterocycles. The van der Waals surface area contributed by atoms with Gasteiger partial charge >= 0.3 is 0 Å². The van der Waals surface area contributed by atoms with Crippen molar-refractivity contribution in [3.05, 3.63) is 63.6 Å². The zero-order valence-corrected chi connectivity index (χ0v) is 16.7. The lowest BCUT2D eigenvalue weighted by Crippen LogP contribution is -2.45. The Bertz CT molecular complexity index is 896. The van der Waals surface area contributed by atoms with Gasteiger partial charge < -0.3 is 4.90 Å². The average Bonchev–Trinajstić information content (AvgIpc) is 3.03. The van der Waals surface area contributed by atoms with Gasteiger partial charge in [0.15, 0.2) is 0 Å². The molecule has 0 saturated carbocycles. The van der Waals surface area contributed by atoms with Crippen LogP contribution in [0.15, 0.2) is 46.9 Å². The van der Waals surface area contributed by atoms with Crippen molar-refractivity contribution in [1.82, 2.24) is 10.9 Å². The van der Waals surface area contributed by atoms with E-state index in [1.54, 1.807) is 29.2 Å². The summed E-state index contributed by atoms with van der Waals surface area (Å²) in [5, 5.41) is 0. The Kier molecular flexibility index (Phi) is 5.60. The normalized spacial score (nSPS) is 16.3. The van der Waals surface area contributed by atoms with Gasteiger partial charge in [-0.15, -0.1) is 0 Å². The molecular formula is C20H20BrN3O3. The topological polar surface area (TPSA) is 78.5 Å². The second-order valence-electron chi connectivity index (χ2n) is 6.65. The Labute approximate surface area is 166 Å². The number of benzene rings is 2. The van der Waals surface area contributed by atoms with Crippen LogP contribution in [-0.2, 0) is 9.59 Å². The van der Waals surface area contributed by atoms with Crippen molar-refractivity contribution in [1.29, 1.82) is 0 Å². The largest absolute Gasteiger partial charge is 0.311 e. The molecule has 2 N–H and O–H groups in total. The molecule has 0 unspecified atom stereocenters. The van der Waals surface area contributed by atoms with E-state index in [2.05, 4.69) is 26.8 Å². The standard InChI is InChI=1S/C20H20BrN3O3/c1-12-3-4-13(2)17(9-12)24-11-15(10-18(24)25)20(27)23-22-19(26)14-5-7-16(21)8-6-14/h3-9,15H,10-11H2,1-2H3,(H,22,26)(H,23,27)/t15-/m1/s1. The molecule has 0 spiro atoms. The number of carbonyl (C=O) groups excluding carboxylic acids is 3. The molecule has 1 aliphatic heterocycles. The van der Waals surface area contributed by atoms with Gasteiger partial charge in [-0.2, -0.15) is 0 Å². The number of hydrogen-bond donors (Lipinski definition) is 2. The summed E-state index contributed by atoms with van der Waals surface area (Å²) in [5.74, 6) is -1.39. The number of anilines is 1. The molecule has 1 atom stereocenters. The molecule has 1 aliphatic rings. The minimum atomic E-state index is -0.511. The van der Waals surface area contributed by atoms with Gasteiger partial charge in [0.25, 0.3) is 5.91 Å². The van der Waals surface area contributed by atoms with Crippen molar-refractivity contribution in [2.75, 3.05) is 11.4 Å². The van der Waals surface area contributed by atoms with Crippen LogP contribution in [0.4, 0.5) is 5.69 Å². The Morgan fingerprint density at radius 2 is 1.78 bits per heavy atom. The van der Waals surface area contributed by atoms with Gasteiger partial charge in [0.2, 0.25) is 11.8 Å². The third-order valence-electron chi connectivity index (χ3n) is 4.56. The Hall–Kier alpha value is -2.67. The van der Waals surface area contributed by atoms with Crippen LogP contribution >= 0.6 is 15.9 Å². The molecule has 3 rings (SSSR count). The highest BCUT2D eigenvalue weighted by molar-refractivity contribution is 9.10. The molecule has 0 aliphatic carbocycles. The van der Waals surface area contributed by atoms with Crippen LogP contribution in [-0.4, -0.2) is 24.3 Å². The van der Waals surface area contributed by atoms with Crippen LogP contribution in [0.1, 0.15) is 27.9 Å². The molecule has 27 heavy (non-hydrogen) atoms. The summed E-state index contributed by atoms with van der Waals surface area (Å²) in [5.41, 5.74) is 8.12. The summed E-state index contributed by atoms with van der Waals surface area (Å²) in [7, 11) is 0. The number of amides is 3. The van der Waals surface area contributed by atoms with E-state index in [1.807, 2.05) is 32.0 Å². The molecule has 1 saturated heterocycles. The first-order valence-electron chi connectivity index (χ1n) is 8.58. The number of hydrogen-bond acceptors (Lipinski definition) is 3. The van der Waals surface area contributed by atoms with E-state index in [1.165, 1.54) is 0 Å². The third-order valence-corrected chi connectivity index (χ3v) is 5.09. The number of hydrazine groups is 1. The fourth-order valence-corrected chi connectivity index (χ4v) is 3.28. The van der Waals surface area contributed by atoms with Crippen LogP contribution in [0.5, 0.6) is 0 Å². The molecule has 0 aromatic heterocycles. The molecule has 0 radical (unpaired) electrons. The molecule has 6 nitrogen and oxygen atoms in total. The van der Waals surface area contributed by atoms with Gasteiger partial charge in [-0.25, -0.2) is 0 Å². The van der Waals surface area contributed by atoms with Gasteiger partial charge in [0, 0.05) is 28.7 Å². The van der Waals surface area contributed by atoms with Crippen LogP contribution in [0.2, 0.25) is 0 Å². The first-order chi connectivity index (χ1) is 12.8. The monoisotopic (exact) mass is 429 g/mol. The number of rotatable bonds is 3. The highest BCUT2D eigenvalue weighted by Gasteiger charge is 2.35. The van der Waals surface area contributed by atoms with E-state index >= 15 is 0 Å². The summed E-state index contributed by atoms with van der Waals surface area (Å²) in [6.45, 7) is 4.20. The fraction of sp³-hybridized carbons (Fsp3) is 0.250. The second kappa shape index (κ2) is 7.92. The maximum absolute atomic E-state index is 12.4. The number of nitrogens with zero attached hydrogens (tertiary/aromatic N) is 1. The molecule has 2 aromatic carbocycles. The van der Waals surface area contributed by atoms with Crippen molar-refractivity contribution >= 4 is 39.3 Å². The lowest BCUT2D eigenvalue weighted by Gasteiger charge is -2.19. The summed E-state index contributed by atoms with van der Waals surface area (Å²) < 4.78 is 0.860. The minimum Gasteiger partial charge on any atom is -0.311 e. The first-order valence-corrected chi connectivity index (χ1v) is 9.38. The van der Waals surface area contributed by atoms with Gasteiger partial charge in [-0.3, -0.25) is 25.2 Å². The van der Waals surface area contributed by atoms with E-state index < -0.39 is 11.8 Å². The van der Waals surface area contributed by atoms with Crippen molar-refractivity contribution < 1.29 is 14.4 Å². The minimum absolute atomic E-state index is 0.0944. The predicted molar refractivity (Wildman–Crippen MR) is 106 cm³/mol. The number of nitrogens with one attached hydrogen (secondary N) is 2. The molecular weight excluding hydrogens is 410 g/mol. The molecule has 0 bridgehead atoms. The van der Waals surface area contributed by atoms with Crippen LogP contribution in [0, 0.1) is 19.8 Å². The fourth-order valence-electron chi connectivity index (χ4n) is 3.02. The highest BCUT2D eigenvalue weighted by atomic mass is 79.9. The molecule has 7 heteroatoms. The summed E-state index contributed by atoms with van der Waals surface area (Å²) in [4.78, 5) is 38.5. The molecule has 3 amide bonds. The first kappa shape index (κ1) is 19.1. The average molecular weight is 430 g/mol. The molecule has 1 fully saturated rings. The summed E-state index contributed by atoms with van der Waals surface area (Å²) in [6.07, 6.45) is 0.118. The lowest BCUT2D eigenvalue weighted by molar-refractivity contribution is -0.126. The number of halogens is 1. The van der Waals surface area contributed by atoms with Crippen molar-refractivity contribution in [2.24, 2.45) is 5.92 Å². The lowest BCUT2D eigenvalue weighted by atomic mass is 10.1. The predicted octanol–water partition coefficient (Wildman–Crippen LogP) is 2.88. The van der Waals surface area contributed by atoms with Gasteiger partial charge in [-0.05, 0) is 55.3 Å². The van der Waals surface area contributed by atoms with Crippen LogP contribution in [0.3, 0.4) is 0 Å². The van der Waals surface area contributed by atoms with Crippen LogP contribution < -0.4 is 15.8 Å². The van der Waals surface area contributed by atoms with Crippen LogP contribution in [0.25, 0.3) is 0 Å². The van der Waals surface area contributed by atoms with Crippen molar-refractivity contribution in [3.63, 3.8) is 0 Å².